The van der Waals surface area contributed by atoms with Crippen molar-refractivity contribution in [2.45, 2.75) is 38.6 Å². The molecule has 1 aliphatic carbocycles. The van der Waals surface area contributed by atoms with E-state index in [-0.39, 0.29) is 30.3 Å². The van der Waals surface area contributed by atoms with E-state index in [0.717, 1.165) is 18.7 Å². The zero-order valence-electron chi connectivity index (χ0n) is 14.5. The van der Waals surface area contributed by atoms with E-state index >= 15 is 0 Å². The number of halogens is 1. The summed E-state index contributed by atoms with van der Waals surface area (Å²) in [6, 6.07) is 5.17. The molecule has 0 bridgehead atoms. The Kier molecular flexibility index (Phi) is 5.97. The second-order valence-corrected chi connectivity index (χ2v) is 6.25. The van der Waals surface area contributed by atoms with Gasteiger partial charge in [-0.15, -0.1) is 17.5 Å². The van der Waals surface area contributed by atoms with E-state index in [1.165, 1.54) is 0 Å². The molecule has 1 aliphatic rings. The molecular formula is C16H23ClN6O2. The van der Waals surface area contributed by atoms with Crippen LogP contribution in [0.3, 0.4) is 0 Å². The fraction of sp³-hybridized carbons (Fsp3) is 0.500. The number of rotatable bonds is 6. The van der Waals surface area contributed by atoms with Crippen LogP contribution in [0.2, 0.25) is 0 Å². The predicted octanol–water partition coefficient (Wildman–Crippen LogP) is 1.89. The highest BCUT2D eigenvalue weighted by atomic mass is 35.5. The Morgan fingerprint density at radius 1 is 1.40 bits per heavy atom. The number of amides is 1. The van der Waals surface area contributed by atoms with Crippen LogP contribution in [0.5, 0.6) is 5.75 Å². The maximum atomic E-state index is 12.2. The summed E-state index contributed by atoms with van der Waals surface area (Å²) in [5.41, 5.74) is 7.15. The molecule has 2 atom stereocenters. The largest absolute Gasteiger partial charge is 0.494 e. The van der Waals surface area contributed by atoms with Gasteiger partial charge in [-0.1, -0.05) is 6.92 Å². The second-order valence-electron chi connectivity index (χ2n) is 6.25. The number of hydrogen-bond acceptors (Lipinski definition) is 6. The average Bonchev–Trinajstić information content (AvgIpc) is 3.30. The molecule has 136 valence electrons. The number of aromatic nitrogens is 4. The van der Waals surface area contributed by atoms with Crippen LogP contribution in [0, 0.1) is 5.92 Å². The molecule has 8 nitrogen and oxygen atoms in total. The maximum Gasteiger partial charge on any atom is 0.228 e. The van der Waals surface area contributed by atoms with E-state index < -0.39 is 0 Å². The van der Waals surface area contributed by atoms with Gasteiger partial charge in [-0.2, -0.15) is 4.68 Å². The fourth-order valence-electron chi connectivity index (χ4n) is 2.39. The molecule has 3 N–H and O–H groups in total. The number of ether oxygens (including phenoxy) is 1. The van der Waals surface area contributed by atoms with Gasteiger partial charge in [-0.3, -0.25) is 4.79 Å². The fourth-order valence-corrected chi connectivity index (χ4v) is 2.39. The number of nitrogens with zero attached hydrogens (tertiary/aromatic N) is 4. The van der Waals surface area contributed by atoms with Gasteiger partial charge in [0.25, 0.3) is 0 Å². The summed E-state index contributed by atoms with van der Waals surface area (Å²) in [7, 11) is 1.59. The van der Waals surface area contributed by atoms with Crippen molar-refractivity contribution in [3.05, 3.63) is 24.0 Å². The number of nitrogens with one attached hydrogen (secondary N) is 1. The quantitative estimate of drug-likeness (QED) is 0.808. The Labute approximate surface area is 152 Å². The Hall–Kier alpha value is -2.19. The van der Waals surface area contributed by atoms with E-state index in [9.17, 15) is 4.79 Å². The minimum Gasteiger partial charge on any atom is -0.494 e. The molecule has 0 radical (unpaired) electrons. The van der Waals surface area contributed by atoms with E-state index in [2.05, 4.69) is 20.8 Å². The van der Waals surface area contributed by atoms with E-state index in [0.29, 0.717) is 23.0 Å². The summed E-state index contributed by atoms with van der Waals surface area (Å²) in [4.78, 5) is 12.2. The second kappa shape index (κ2) is 7.79. The molecule has 25 heavy (non-hydrogen) atoms. The van der Waals surface area contributed by atoms with Crippen molar-refractivity contribution >= 4 is 24.0 Å². The van der Waals surface area contributed by atoms with Crippen molar-refractivity contribution in [1.29, 1.82) is 0 Å². The molecule has 0 saturated heterocycles. The smallest absolute Gasteiger partial charge is 0.228 e. The molecule has 1 fully saturated rings. The highest BCUT2D eigenvalue weighted by molar-refractivity contribution is 5.93. The molecule has 3 rings (SSSR count). The monoisotopic (exact) mass is 366 g/mol. The molecular weight excluding hydrogens is 344 g/mol. The van der Waals surface area contributed by atoms with Gasteiger partial charge in [0.1, 0.15) is 11.4 Å². The van der Waals surface area contributed by atoms with Crippen LogP contribution in [-0.4, -0.2) is 39.3 Å². The van der Waals surface area contributed by atoms with Crippen molar-refractivity contribution < 1.29 is 9.53 Å². The lowest BCUT2D eigenvalue weighted by molar-refractivity contribution is -0.119. The first-order valence-electron chi connectivity index (χ1n) is 8.04. The summed E-state index contributed by atoms with van der Waals surface area (Å²) in [5, 5.41) is 14.9. The van der Waals surface area contributed by atoms with Gasteiger partial charge >= 0.3 is 0 Å². The van der Waals surface area contributed by atoms with Crippen LogP contribution in [-0.2, 0) is 4.79 Å². The molecule has 1 aromatic heterocycles. The Balaban J connectivity index is 0.00000225. The average molecular weight is 367 g/mol. The predicted molar refractivity (Wildman–Crippen MR) is 96.4 cm³/mol. The summed E-state index contributed by atoms with van der Waals surface area (Å²) in [5.74, 6) is 1.44. The van der Waals surface area contributed by atoms with E-state index in [4.69, 9.17) is 10.5 Å². The zero-order valence-corrected chi connectivity index (χ0v) is 15.3. The summed E-state index contributed by atoms with van der Waals surface area (Å²) in [6.45, 7) is 3.61. The topological polar surface area (TPSA) is 108 Å². The van der Waals surface area contributed by atoms with Crippen LogP contribution in [0.4, 0.5) is 5.69 Å². The third kappa shape index (κ3) is 4.08. The van der Waals surface area contributed by atoms with Gasteiger partial charge in [-0.05, 0) is 48.4 Å². The highest BCUT2D eigenvalue weighted by Crippen LogP contribution is 2.40. The number of benzene rings is 1. The standard InChI is InChI=1S/C16H22N6O2.ClH/c1-9(10(2)17)16(23)18-12-6-7-14(24-3)13(8-12)22-15(11-4-5-11)19-20-21-22;/h6-11H,4-5,17H2,1-3H3,(H,18,23);1H. The maximum absolute atomic E-state index is 12.2. The van der Waals surface area contributed by atoms with E-state index in [1.807, 2.05) is 13.0 Å². The van der Waals surface area contributed by atoms with Crippen LogP contribution >= 0.6 is 12.4 Å². The number of anilines is 1. The molecule has 9 heteroatoms. The molecule has 1 heterocycles. The SMILES string of the molecule is COc1ccc(NC(=O)C(C)C(C)N)cc1-n1nnnc1C1CC1.Cl. The molecule has 1 amide bonds. The van der Waals surface area contributed by atoms with Gasteiger partial charge in [0, 0.05) is 17.6 Å². The third-order valence-corrected chi connectivity index (χ3v) is 4.31. The number of carbonyl (C=O) groups is 1. The highest BCUT2D eigenvalue weighted by Gasteiger charge is 2.30. The molecule has 0 aliphatic heterocycles. The first-order chi connectivity index (χ1) is 11.5. The summed E-state index contributed by atoms with van der Waals surface area (Å²) >= 11 is 0. The van der Waals surface area contributed by atoms with Crippen LogP contribution in [0.15, 0.2) is 18.2 Å². The van der Waals surface area contributed by atoms with Crippen molar-refractivity contribution in [3.8, 4) is 11.4 Å². The van der Waals surface area contributed by atoms with Crippen LogP contribution < -0.4 is 15.8 Å². The Bertz CT molecular complexity index is 744. The number of carbonyl (C=O) groups excluding carboxylic acids is 1. The van der Waals surface area contributed by atoms with Crippen molar-refractivity contribution in [3.63, 3.8) is 0 Å². The molecule has 1 aromatic carbocycles. The van der Waals surface area contributed by atoms with Crippen LogP contribution in [0.1, 0.15) is 38.4 Å². The minimum absolute atomic E-state index is 0. The number of nitrogens with two attached hydrogens (primary N) is 1. The van der Waals surface area contributed by atoms with E-state index in [1.54, 1.807) is 30.8 Å². The Morgan fingerprint density at radius 2 is 2.12 bits per heavy atom. The molecule has 0 spiro atoms. The number of tetrazole rings is 1. The zero-order chi connectivity index (χ0) is 17.3. The van der Waals surface area contributed by atoms with Gasteiger partial charge in [0.15, 0.2) is 5.82 Å². The third-order valence-electron chi connectivity index (χ3n) is 4.31. The van der Waals surface area contributed by atoms with Crippen molar-refractivity contribution in [2.75, 3.05) is 12.4 Å². The normalized spacial score (nSPS) is 15.8. The summed E-state index contributed by atoms with van der Waals surface area (Å²) < 4.78 is 7.10. The molecule has 1 saturated carbocycles. The molecule has 2 unspecified atom stereocenters. The first-order valence-corrected chi connectivity index (χ1v) is 8.04. The lowest BCUT2D eigenvalue weighted by Crippen LogP contribution is -2.34. The van der Waals surface area contributed by atoms with Gasteiger partial charge in [-0.25, -0.2) is 0 Å². The van der Waals surface area contributed by atoms with Gasteiger partial charge in [0.05, 0.1) is 13.0 Å². The Morgan fingerprint density at radius 3 is 2.72 bits per heavy atom. The van der Waals surface area contributed by atoms with Crippen molar-refractivity contribution in [2.24, 2.45) is 11.7 Å². The number of methoxy groups -OCH3 is 1. The summed E-state index contributed by atoms with van der Waals surface area (Å²) in [6.07, 6.45) is 2.18. The first kappa shape index (κ1) is 19.1. The number of hydrogen-bond donors (Lipinski definition) is 2. The van der Waals surface area contributed by atoms with Crippen molar-refractivity contribution in [1.82, 2.24) is 20.2 Å². The lowest BCUT2D eigenvalue weighted by atomic mass is 10.0. The van der Waals surface area contributed by atoms with Crippen LogP contribution in [0.25, 0.3) is 5.69 Å². The minimum atomic E-state index is -0.286. The lowest BCUT2D eigenvalue weighted by Gasteiger charge is -2.16. The van der Waals surface area contributed by atoms with Gasteiger partial charge < -0.3 is 15.8 Å². The van der Waals surface area contributed by atoms with Gasteiger partial charge in [0.2, 0.25) is 5.91 Å². The molecule has 2 aromatic rings.